The smallest absolute Gasteiger partial charge is 0.0205 e. The van der Waals surface area contributed by atoms with Gasteiger partial charge in [0, 0.05) is 6.54 Å². The zero-order chi connectivity index (χ0) is 12.9. The molecule has 3 rings (SSSR count). The van der Waals surface area contributed by atoms with Crippen molar-refractivity contribution >= 4 is 0 Å². The molecule has 0 unspecified atom stereocenters. The molecule has 1 N–H and O–H groups in total. The Bertz CT molecular complexity index is 404. The zero-order valence-electron chi connectivity index (χ0n) is 12.1. The number of hydrogen-bond donors (Lipinski definition) is 1. The molecular weight excluding hydrogens is 230 g/mol. The SMILES string of the molecule is c1cc2c(cc1CNCCCC1CCCC1)CCC2. The van der Waals surface area contributed by atoms with Gasteiger partial charge in [0.15, 0.2) is 0 Å². The van der Waals surface area contributed by atoms with Gasteiger partial charge < -0.3 is 5.32 Å². The van der Waals surface area contributed by atoms with Gasteiger partial charge in [0.1, 0.15) is 0 Å². The van der Waals surface area contributed by atoms with Crippen molar-refractivity contribution in [2.24, 2.45) is 5.92 Å². The maximum absolute atomic E-state index is 3.62. The molecule has 0 bridgehead atoms. The van der Waals surface area contributed by atoms with Gasteiger partial charge in [-0.3, -0.25) is 0 Å². The second-order valence-electron chi connectivity index (χ2n) is 6.43. The van der Waals surface area contributed by atoms with E-state index in [1.165, 1.54) is 69.9 Å². The quantitative estimate of drug-likeness (QED) is 0.752. The van der Waals surface area contributed by atoms with Crippen molar-refractivity contribution in [3.63, 3.8) is 0 Å². The molecule has 1 aromatic rings. The predicted molar refractivity (Wildman–Crippen MR) is 81.4 cm³/mol. The molecule has 0 atom stereocenters. The van der Waals surface area contributed by atoms with Gasteiger partial charge in [-0.25, -0.2) is 0 Å². The number of nitrogens with one attached hydrogen (secondary N) is 1. The number of rotatable bonds is 6. The fraction of sp³-hybridized carbons (Fsp3) is 0.667. The standard InChI is InChI=1S/C18H27N/c1-2-6-15(5-1)7-4-12-19-14-16-10-11-17-8-3-9-18(17)13-16/h10-11,13,15,19H,1-9,12,14H2. The monoisotopic (exact) mass is 257 g/mol. The number of hydrogen-bond acceptors (Lipinski definition) is 1. The lowest BCUT2D eigenvalue weighted by atomic mass is 10.0. The average molecular weight is 257 g/mol. The summed E-state index contributed by atoms with van der Waals surface area (Å²) in [5.74, 6) is 1.04. The van der Waals surface area contributed by atoms with Crippen LogP contribution in [0, 0.1) is 5.92 Å². The first kappa shape index (κ1) is 13.2. The van der Waals surface area contributed by atoms with E-state index in [-0.39, 0.29) is 0 Å². The summed E-state index contributed by atoms with van der Waals surface area (Å²) in [6.45, 7) is 2.24. The first-order chi connectivity index (χ1) is 9.42. The Morgan fingerprint density at radius 3 is 2.74 bits per heavy atom. The van der Waals surface area contributed by atoms with E-state index in [0.717, 1.165) is 12.5 Å². The zero-order valence-corrected chi connectivity index (χ0v) is 12.1. The third kappa shape index (κ3) is 3.60. The molecule has 1 aromatic carbocycles. The lowest BCUT2D eigenvalue weighted by Crippen LogP contribution is -2.15. The molecule has 0 aromatic heterocycles. The Balaban J connectivity index is 1.35. The highest BCUT2D eigenvalue weighted by Crippen LogP contribution is 2.28. The Labute approximate surface area is 117 Å². The Morgan fingerprint density at radius 2 is 1.84 bits per heavy atom. The first-order valence-electron chi connectivity index (χ1n) is 8.23. The fourth-order valence-corrected chi connectivity index (χ4v) is 3.78. The lowest BCUT2D eigenvalue weighted by Gasteiger charge is -2.10. The predicted octanol–water partition coefficient (Wildman–Crippen LogP) is 4.24. The second-order valence-corrected chi connectivity index (χ2v) is 6.43. The third-order valence-corrected chi connectivity index (χ3v) is 4.93. The normalized spacial score (nSPS) is 18.9. The Kier molecular flexibility index (Phi) is 4.55. The number of fused-ring (bicyclic) bond motifs is 1. The van der Waals surface area contributed by atoms with Gasteiger partial charge in [-0.05, 0) is 61.3 Å². The van der Waals surface area contributed by atoms with Crippen LogP contribution in [0.15, 0.2) is 18.2 Å². The van der Waals surface area contributed by atoms with E-state index in [9.17, 15) is 0 Å². The van der Waals surface area contributed by atoms with Crippen LogP contribution in [-0.2, 0) is 19.4 Å². The van der Waals surface area contributed by atoms with Crippen LogP contribution in [0.5, 0.6) is 0 Å². The van der Waals surface area contributed by atoms with Gasteiger partial charge in [-0.2, -0.15) is 0 Å². The van der Waals surface area contributed by atoms with E-state index in [2.05, 4.69) is 23.5 Å². The van der Waals surface area contributed by atoms with Crippen molar-refractivity contribution in [3.8, 4) is 0 Å². The van der Waals surface area contributed by atoms with Crippen LogP contribution >= 0.6 is 0 Å². The summed E-state index contributed by atoms with van der Waals surface area (Å²) in [6, 6.07) is 7.08. The molecule has 1 nitrogen and oxygen atoms in total. The van der Waals surface area contributed by atoms with Gasteiger partial charge >= 0.3 is 0 Å². The molecular formula is C18H27N. The van der Waals surface area contributed by atoms with Gasteiger partial charge in [-0.15, -0.1) is 0 Å². The fourth-order valence-electron chi connectivity index (χ4n) is 3.78. The van der Waals surface area contributed by atoms with E-state index in [0.29, 0.717) is 0 Å². The topological polar surface area (TPSA) is 12.0 Å². The molecule has 0 heterocycles. The first-order valence-corrected chi connectivity index (χ1v) is 8.23. The lowest BCUT2D eigenvalue weighted by molar-refractivity contribution is 0.470. The molecule has 1 heteroatoms. The van der Waals surface area contributed by atoms with E-state index in [1.54, 1.807) is 11.1 Å². The summed E-state index contributed by atoms with van der Waals surface area (Å²) in [4.78, 5) is 0. The minimum Gasteiger partial charge on any atom is -0.313 e. The van der Waals surface area contributed by atoms with Gasteiger partial charge in [-0.1, -0.05) is 43.9 Å². The van der Waals surface area contributed by atoms with Gasteiger partial charge in [0.25, 0.3) is 0 Å². The van der Waals surface area contributed by atoms with Crippen LogP contribution in [0.4, 0.5) is 0 Å². The van der Waals surface area contributed by atoms with Crippen LogP contribution in [0.3, 0.4) is 0 Å². The molecule has 2 aliphatic rings. The highest BCUT2D eigenvalue weighted by atomic mass is 14.8. The van der Waals surface area contributed by atoms with Crippen LogP contribution in [0.2, 0.25) is 0 Å². The Hall–Kier alpha value is -0.820. The minimum atomic E-state index is 1.04. The van der Waals surface area contributed by atoms with Gasteiger partial charge in [0.2, 0.25) is 0 Å². The molecule has 0 amide bonds. The van der Waals surface area contributed by atoms with Crippen LogP contribution in [0.1, 0.15) is 61.6 Å². The summed E-state index contributed by atoms with van der Waals surface area (Å²) in [5, 5.41) is 3.62. The van der Waals surface area contributed by atoms with E-state index in [1.807, 2.05) is 0 Å². The molecule has 104 valence electrons. The maximum atomic E-state index is 3.62. The van der Waals surface area contributed by atoms with Gasteiger partial charge in [0.05, 0.1) is 0 Å². The van der Waals surface area contributed by atoms with Crippen molar-refractivity contribution in [2.45, 2.75) is 64.3 Å². The summed E-state index contributed by atoms with van der Waals surface area (Å²) < 4.78 is 0. The summed E-state index contributed by atoms with van der Waals surface area (Å²) >= 11 is 0. The average Bonchev–Trinajstić information content (AvgIpc) is 3.08. The molecule has 1 fully saturated rings. The molecule has 0 spiro atoms. The van der Waals surface area contributed by atoms with Crippen molar-refractivity contribution in [1.29, 1.82) is 0 Å². The molecule has 0 saturated heterocycles. The summed E-state index contributed by atoms with van der Waals surface area (Å²) in [5.41, 5.74) is 4.66. The molecule has 1 saturated carbocycles. The van der Waals surface area contributed by atoms with Crippen molar-refractivity contribution in [1.82, 2.24) is 5.32 Å². The summed E-state index contributed by atoms with van der Waals surface area (Å²) in [7, 11) is 0. The molecule has 2 aliphatic carbocycles. The van der Waals surface area contributed by atoms with Crippen molar-refractivity contribution in [2.75, 3.05) is 6.54 Å². The molecule has 0 aliphatic heterocycles. The third-order valence-electron chi connectivity index (χ3n) is 4.93. The van der Waals surface area contributed by atoms with Crippen molar-refractivity contribution < 1.29 is 0 Å². The van der Waals surface area contributed by atoms with Crippen LogP contribution in [0.25, 0.3) is 0 Å². The van der Waals surface area contributed by atoms with E-state index in [4.69, 9.17) is 0 Å². The second kappa shape index (κ2) is 6.56. The highest BCUT2D eigenvalue weighted by molar-refractivity contribution is 5.35. The molecule has 19 heavy (non-hydrogen) atoms. The summed E-state index contributed by atoms with van der Waals surface area (Å²) in [6.07, 6.45) is 12.7. The minimum absolute atomic E-state index is 1.04. The maximum Gasteiger partial charge on any atom is 0.0205 e. The highest BCUT2D eigenvalue weighted by Gasteiger charge is 2.14. The van der Waals surface area contributed by atoms with Crippen LogP contribution in [-0.4, -0.2) is 6.54 Å². The number of benzene rings is 1. The van der Waals surface area contributed by atoms with E-state index < -0.39 is 0 Å². The largest absolute Gasteiger partial charge is 0.313 e. The molecule has 0 radical (unpaired) electrons. The van der Waals surface area contributed by atoms with E-state index >= 15 is 0 Å². The number of aryl methyl sites for hydroxylation is 2. The Morgan fingerprint density at radius 1 is 1.00 bits per heavy atom. The van der Waals surface area contributed by atoms with Crippen molar-refractivity contribution in [3.05, 3.63) is 34.9 Å². The van der Waals surface area contributed by atoms with Crippen LogP contribution < -0.4 is 5.32 Å².